The van der Waals surface area contributed by atoms with Gasteiger partial charge in [-0.25, -0.2) is 22.3 Å². The lowest BCUT2D eigenvalue weighted by molar-refractivity contribution is -0.136. The van der Waals surface area contributed by atoms with Crippen LogP contribution in [-0.2, 0) is 19.6 Å². The molecule has 10 nitrogen and oxygen atoms in total. The molecule has 1 saturated heterocycles. The summed E-state index contributed by atoms with van der Waals surface area (Å²) in [6.45, 7) is 1.86. The first-order valence-electron chi connectivity index (χ1n) is 8.00. The van der Waals surface area contributed by atoms with E-state index in [0.717, 1.165) is 15.3 Å². The first-order valence-corrected chi connectivity index (χ1v) is 9.44. The molecule has 27 heavy (non-hydrogen) atoms. The lowest BCUT2D eigenvalue weighted by Gasteiger charge is -2.19. The lowest BCUT2D eigenvalue weighted by Crippen LogP contribution is -2.41. The van der Waals surface area contributed by atoms with Gasteiger partial charge < -0.3 is 14.8 Å². The Morgan fingerprint density at radius 3 is 2.48 bits per heavy atom. The number of carbonyl (C=O) groups excluding carboxylic acids is 3. The van der Waals surface area contributed by atoms with E-state index in [9.17, 15) is 22.8 Å². The number of rotatable bonds is 6. The standard InChI is InChI=1S/C16H21N3O7S/c1-10(14(20)19-8-7-17-16(19)22)26-15(21)11-5-6-12(25-4)13(9-11)27(23,24)18(2)3/h5-6,9-10H,7-8H2,1-4H3,(H,17,22). The second-order valence-corrected chi connectivity index (χ2v) is 8.04. The predicted molar refractivity (Wildman–Crippen MR) is 93.9 cm³/mol. The van der Waals surface area contributed by atoms with Crippen LogP contribution in [0.5, 0.6) is 5.75 Å². The van der Waals surface area contributed by atoms with Crippen molar-refractivity contribution in [2.45, 2.75) is 17.9 Å². The van der Waals surface area contributed by atoms with Gasteiger partial charge in [-0.05, 0) is 25.1 Å². The van der Waals surface area contributed by atoms with Crippen LogP contribution in [0.4, 0.5) is 4.79 Å². The molecular formula is C16H21N3O7S. The zero-order valence-electron chi connectivity index (χ0n) is 15.4. The summed E-state index contributed by atoms with van der Waals surface area (Å²) in [5.41, 5.74) is -0.0678. The highest BCUT2D eigenvalue weighted by Gasteiger charge is 2.32. The number of carbonyl (C=O) groups is 3. The molecule has 11 heteroatoms. The Kier molecular flexibility index (Phi) is 6.06. The summed E-state index contributed by atoms with van der Waals surface area (Å²) in [4.78, 5) is 36.8. The largest absolute Gasteiger partial charge is 0.495 e. The summed E-state index contributed by atoms with van der Waals surface area (Å²) in [6, 6.07) is 3.23. The minimum Gasteiger partial charge on any atom is -0.495 e. The molecule has 0 radical (unpaired) electrons. The highest BCUT2D eigenvalue weighted by atomic mass is 32.2. The molecule has 1 atom stereocenters. The number of nitrogens with zero attached hydrogens (tertiary/aromatic N) is 2. The third kappa shape index (κ3) is 4.19. The smallest absolute Gasteiger partial charge is 0.338 e. The first kappa shape index (κ1) is 20.6. The number of urea groups is 1. The number of hydrogen-bond donors (Lipinski definition) is 1. The first-order chi connectivity index (χ1) is 12.6. The van der Waals surface area contributed by atoms with E-state index in [4.69, 9.17) is 9.47 Å². The molecular weight excluding hydrogens is 378 g/mol. The van der Waals surface area contributed by atoms with Crippen molar-refractivity contribution in [1.82, 2.24) is 14.5 Å². The molecule has 1 N–H and O–H groups in total. The van der Waals surface area contributed by atoms with Crippen LogP contribution in [0, 0.1) is 0 Å². The van der Waals surface area contributed by atoms with Gasteiger partial charge in [0.05, 0.1) is 12.7 Å². The molecule has 1 heterocycles. The van der Waals surface area contributed by atoms with E-state index >= 15 is 0 Å². The van der Waals surface area contributed by atoms with Crippen molar-refractivity contribution in [3.8, 4) is 5.75 Å². The van der Waals surface area contributed by atoms with Gasteiger partial charge in [0, 0.05) is 27.2 Å². The highest BCUT2D eigenvalue weighted by molar-refractivity contribution is 7.89. The van der Waals surface area contributed by atoms with E-state index in [0.29, 0.717) is 6.54 Å². The van der Waals surface area contributed by atoms with Crippen molar-refractivity contribution >= 4 is 27.9 Å². The second kappa shape index (κ2) is 7.92. The van der Waals surface area contributed by atoms with E-state index < -0.39 is 34.0 Å². The van der Waals surface area contributed by atoms with Gasteiger partial charge in [-0.1, -0.05) is 0 Å². The van der Waals surface area contributed by atoms with Crippen LogP contribution in [0.3, 0.4) is 0 Å². The van der Waals surface area contributed by atoms with E-state index in [-0.39, 0.29) is 22.8 Å². The van der Waals surface area contributed by atoms with Gasteiger partial charge in [-0.2, -0.15) is 0 Å². The fourth-order valence-corrected chi connectivity index (χ4v) is 3.46. The van der Waals surface area contributed by atoms with Gasteiger partial charge >= 0.3 is 12.0 Å². The summed E-state index contributed by atoms with van der Waals surface area (Å²) in [5.74, 6) is -1.49. The molecule has 1 aliphatic rings. The van der Waals surface area contributed by atoms with E-state index in [1.807, 2.05) is 0 Å². The Morgan fingerprint density at radius 1 is 1.30 bits per heavy atom. The Bertz CT molecular complexity index is 867. The summed E-state index contributed by atoms with van der Waals surface area (Å²) in [6.07, 6.45) is -1.21. The molecule has 0 aromatic heterocycles. The number of sulfonamides is 1. The molecule has 148 valence electrons. The lowest BCUT2D eigenvalue weighted by atomic mass is 10.2. The van der Waals surface area contributed by atoms with Crippen LogP contribution in [0.2, 0.25) is 0 Å². The zero-order valence-corrected chi connectivity index (χ0v) is 16.2. The number of ether oxygens (including phenoxy) is 2. The van der Waals surface area contributed by atoms with Crippen LogP contribution in [-0.4, -0.2) is 75.9 Å². The minimum atomic E-state index is -3.87. The van der Waals surface area contributed by atoms with Gasteiger partial charge in [0.15, 0.2) is 6.10 Å². The number of esters is 1. The molecule has 0 bridgehead atoms. The minimum absolute atomic E-state index is 0.0677. The SMILES string of the molecule is COc1ccc(C(=O)OC(C)C(=O)N2CCNC2=O)cc1S(=O)(=O)N(C)C. The fourth-order valence-electron chi connectivity index (χ4n) is 2.38. The van der Waals surface area contributed by atoms with E-state index in [1.165, 1.54) is 40.3 Å². The summed E-state index contributed by atoms with van der Waals surface area (Å²) < 4.78 is 36.0. The normalized spacial score (nSPS) is 15.4. The highest BCUT2D eigenvalue weighted by Crippen LogP contribution is 2.27. The van der Waals surface area contributed by atoms with Crippen LogP contribution in [0.15, 0.2) is 23.1 Å². The van der Waals surface area contributed by atoms with Gasteiger partial charge in [0.25, 0.3) is 5.91 Å². The third-order valence-electron chi connectivity index (χ3n) is 3.91. The van der Waals surface area contributed by atoms with E-state index in [1.54, 1.807) is 0 Å². The molecule has 2 rings (SSSR count). The van der Waals surface area contributed by atoms with Crippen molar-refractivity contribution in [2.75, 3.05) is 34.3 Å². The third-order valence-corrected chi connectivity index (χ3v) is 5.75. The average Bonchev–Trinajstić information content (AvgIpc) is 3.05. The number of imide groups is 1. The number of amides is 3. The molecule has 1 fully saturated rings. The maximum Gasteiger partial charge on any atom is 0.338 e. The maximum atomic E-state index is 12.4. The van der Waals surface area contributed by atoms with Crippen LogP contribution in [0.1, 0.15) is 17.3 Å². The molecule has 1 unspecified atom stereocenters. The van der Waals surface area contributed by atoms with Gasteiger partial charge in [0.2, 0.25) is 10.0 Å². The van der Waals surface area contributed by atoms with Crippen LogP contribution < -0.4 is 10.1 Å². The van der Waals surface area contributed by atoms with E-state index in [2.05, 4.69) is 5.32 Å². The van der Waals surface area contributed by atoms with Crippen molar-refractivity contribution in [3.05, 3.63) is 23.8 Å². The molecule has 0 aliphatic carbocycles. The number of benzene rings is 1. The van der Waals surface area contributed by atoms with Crippen LogP contribution >= 0.6 is 0 Å². The number of nitrogens with one attached hydrogen (secondary N) is 1. The quantitative estimate of drug-likeness (QED) is 0.670. The molecule has 1 aromatic carbocycles. The maximum absolute atomic E-state index is 12.4. The topological polar surface area (TPSA) is 122 Å². The van der Waals surface area contributed by atoms with Gasteiger partial charge in [0.1, 0.15) is 10.6 Å². The molecule has 1 aliphatic heterocycles. The summed E-state index contributed by atoms with van der Waals surface area (Å²) in [7, 11) is 0.139. The number of methoxy groups -OCH3 is 1. The molecule has 1 aromatic rings. The van der Waals surface area contributed by atoms with Crippen molar-refractivity contribution in [1.29, 1.82) is 0 Å². The average molecular weight is 399 g/mol. The molecule has 3 amide bonds. The molecule has 0 saturated carbocycles. The Hall–Kier alpha value is -2.66. The number of hydrogen-bond acceptors (Lipinski definition) is 7. The fraction of sp³-hybridized carbons (Fsp3) is 0.438. The van der Waals surface area contributed by atoms with Crippen LogP contribution in [0.25, 0.3) is 0 Å². The van der Waals surface area contributed by atoms with Crippen molar-refractivity contribution in [2.24, 2.45) is 0 Å². The Balaban J connectivity index is 2.24. The zero-order chi connectivity index (χ0) is 20.4. The van der Waals surface area contributed by atoms with Gasteiger partial charge in [-0.15, -0.1) is 0 Å². The Morgan fingerprint density at radius 2 is 1.96 bits per heavy atom. The van der Waals surface area contributed by atoms with Gasteiger partial charge in [-0.3, -0.25) is 9.69 Å². The summed E-state index contributed by atoms with van der Waals surface area (Å²) in [5, 5.41) is 2.48. The Labute approximate surface area is 157 Å². The van der Waals surface area contributed by atoms with Crippen molar-refractivity contribution in [3.63, 3.8) is 0 Å². The molecule has 0 spiro atoms. The second-order valence-electron chi connectivity index (χ2n) is 5.92. The monoisotopic (exact) mass is 399 g/mol. The summed E-state index contributed by atoms with van der Waals surface area (Å²) >= 11 is 0. The predicted octanol–water partition coefficient (Wildman–Crippen LogP) is 0.0426. The van der Waals surface area contributed by atoms with Crippen molar-refractivity contribution < 1.29 is 32.3 Å².